The summed E-state index contributed by atoms with van der Waals surface area (Å²) in [5.41, 5.74) is 0.124. The molecule has 0 unspecified atom stereocenters. The van der Waals surface area contributed by atoms with Gasteiger partial charge in [0.05, 0.1) is 11.6 Å². The molecular weight excluding hydrogens is 347 g/mol. The second kappa shape index (κ2) is 7.89. The van der Waals surface area contributed by atoms with Crippen molar-refractivity contribution in [1.82, 2.24) is 4.98 Å². The molecule has 1 aromatic carbocycles. The van der Waals surface area contributed by atoms with Gasteiger partial charge in [-0.3, -0.25) is 10.1 Å². The normalized spacial score (nSPS) is 10.2. The average molecular weight is 359 g/mol. The molecule has 0 saturated heterocycles. The van der Waals surface area contributed by atoms with Crippen LogP contribution in [0.15, 0.2) is 23.6 Å². The van der Waals surface area contributed by atoms with Crippen LogP contribution in [0.25, 0.3) is 0 Å². The van der Waals surface area contributed by atoms with E-state index in [4.69, 9.17) is 21.1 Å². The van der Waals surface area contributed by atoms with Crippen molar-refractivity contribution in [3.05, 3.63) is 40.1 Å². The zero-order chi connectivity index (χ0) is 16.8. The second-order valence-corrected chi connectivity index (χ2v) is 5.44. The van der Waals surface area contributed by atoms with E-state index >= 15 is 0 Å². The first-order valence-electron chi connectivity index (χ1n) is 6.50. The van der Waals surface area contributed by atoms with Crippen LogP contribution in [0.3, 0.4) is 0 Å². The number of aromatic nitrogens is 1. The van der Waals surface area contributed by atoms with Gasteiger partial charge in [-0.15, -0.1) is 11.3 Å². The quantitative estimate of drug-likeness (QED) is 0.803. The number of thiazole rings is 1. The highest BCUT2D eigenvalue weighted by molar-refractivity contribution is 7.14. The lowest BCUT2D eigenvalue weighted by atomic mass is 10.3. The van der Waals surface area contributed by atoms with Gasteiger partial charge in [-0.05, 0) is 19.1 Å². The van der Waals surface area contributed by atoms with Crippen LogP contribution in [0.1, 0.15) is 17.4 Å². The molecule has 0 aliphatic carbocycles. The van der Waals surface area contributed by atoms with Gasteiger partial charge in [-0.2, -0.15) is 0 Å². The van der Waals surface area contributed by atoms with E-state index in [2.05, 4.69) is 10.3 Å². The average Bonchev–Trinajstić information content (AvgIpc) is 2.97. The largest absolute Gasteiger partial charge is 0.484 e. The number of carbonyl (C=O) groups is 2. The summed E-state index contributed by atoms with van der Waals surface area (Å²) in [5.74, 6) is -1.34. The Morgan fingerprint density at radius 1 is 1.43 bits per heavy atom. The van der Waals surface area contributed by atoms with Crippen LogP contribution in [0.5, 0.6) is 5.75 Å². The van der Waals surface area contributed by atoms with Gasteiger partial charge < -0.3 is 9.47 Å². The van der Waals surface area contributed by atoms with Crippen LogP contribution in [0.4, 0.5) is 9.52 Å². The Labute approximate surface area is 140 Å². The topological polar surface area (TPSA) is 77.5 Å². The third-order valence-corrected chi connectivity index (χ3v) is 3.54. The van der Waals surface area contributed by atoms with Crippen molar-refractivity contribution in [3.8, 4) is 5.75 Å². The Bertz CT molecular complexity index is 723. The Hall–Kier alpha value is -2.19. The molecule has 0 spiro atoms. The summed E-state index contributed by atoms with van der Waals surface area (Å²) in [5, 5.41) is 4.12. The first kappa shape index (κ1) is 17.2. The molecule has 2 rings (SSSR count). The van der Waals surface area contributed by atoms with E-state index in [1.165, 1.54) is 17.5 Å². The Balaban J connectivity index is 1.87. The van der Waals surface area contributed by atoms with Crippen molar-refractivity contribution >= 4 is 39.9 Å². The van der Waals surface area contributed by atoms with Gasteiger partial charge >= 0.3 is 5.97 Å². The minimum Gasteiger partial charge on any atom is -0.484 e. The zero-order valence-electron chi connectivity index (χ0n) is 12.0. The van der Waals surface area contributed by atoms with Crippen LogP contribution >= 0.6 is 22.9 Å². The second-order valence-electron chi connectivity index (χ2n) is 4.17. The number of anilines is 1. The number of ether oxygens (including phenoxy) is 2. The van der Waals surface area contributed by atoms with E-state index < -0.39 is 17.7 Å². The van der Waals surface area contributed by atoms with Crippen molar-refractivity contribution in [3.63, 3.8) is 0 Å². The van der Waals surface area contributed by atoms with Gasteiger partial charge in [-0.1, -0.05) is 11.6 Å². The lowest BCUT2D eigenvalue weighted by Crippen LogP contribution is -2.20. The summed E-state index contributed by atoms with van der Waals surface area (Å²) in [6, 6.07) is 3.77. The molecule has 1 amide bonds. The van der Waals surface area contributed by atoms with Crippen molar-refractivity contribution in [2.45, 2.75) is 6.92 Å². The number of nitrogens with zero attached hydrogens (tertiary/aromatic N) is 1. The van der Waals surface area contributed by atoms with E-state index in [9.17, 15) is 14.0 Å². The summed E-state index contributed by atoms with van der Waals surface area (Å²) >= 11 is 6.70. The van der Waals surface area contributed by atoms with Gasteiger partial charge in [0.25, 0.3) is 5.91 Å². The van der Waals surface area contributed by atoms with Crippen LogP contribution in [0.2, 0.25) is 5.02 Å². The fourth-order valence-corrected chi connectivity index (χ4v) is 2.37. The molecule has 0 atom stereocenters. The van der Waals surface area contributed by atoms with Crippen LogP contribution in [-0.2, 0) is 9.53 Å². The van der Waals surface area contributed by atoms with Crippen LogP contribution in [0, 0.1) is 5.82 Å². The molecule has 9 heteroatoms. The van der Waals surface area contributed by atoms with E-state index in [0.29, 0.717) is 0 Å². The molecule has 6 nitrogen and oxygen atoms in total. The number of halogens is 2. The number of nitrogens with one attached hydrogen (secondary N) is 1. The van der Waals surface area contributed by atoms with Crippen molar-refractivity contribution in [2.75, 3.05) is 18.5 Å². The number of esters is 1. The number of amides is 1. The first-order chi connectivity index (χ1) is 11.0. The van der Waals surface area contributed by atoms with Gasteiger partial charge in [-0.25, -0.2) is 14.2 Å². The van der Waals surface area contributed by atoms with Gasteiger partial charge in [0, 0.05) is 11.4 Å². The third-order valence-electron chi connectivity index (χ3n) is 2.50. The maximum atomic E-state index is 13.0. The van der Waals surface area contributed by atoms with Crippen molar-refractivity contribution in [1.29, 1.82) is 0 Å². The highest BCUT2D eigenvalue weighted by Gasteiger charge is 2.13. The Morgan fingerprint density at radius 3 is 2.91 bits per heavy atom. The summed E-state index contributed by atoms with van der Waals surface area (Å²) in [6.45, 7) is 1.62. The number of rotatable bonds is 6. The van der Waals surface area contributed by atoms with Gasteiger partial charge in [0.2, 0.25) is 0 Å². The van der Waals surface area contributed by atoms with Crippen molar-refractivity contribution < 1.29 is 23.5 Å². The minimum atomic E-state index is -0.572. The predicted octanol–water partition coefficient (Wildman–Crippen LogP) is 3.13. The van der Waals surface area contributed by atoms with Gasteiger partial charge in [0.15, 0.2) is 17.4 Å². The SMILES string of the molecule is CCOC(=O)c1csc(NC(=O)COc2ccc(F)c(Cl)c2)n1. The molecule has 23 heavy (non-hydrogen) atoms. The number of benzene rings is 1. The Kier molecular flexibility index (Phi) is 5.89. The van der Waals surface area contributed by atoms with E-state index in [0.717, 1.165) is 17.4 Å². The summed E-state index contributed by atoms with van der Waals surface area (Å²) in [7, 11) is 0. The van der Waals surface area contributed by atoms with Crippen LogP contribution in [-0.4, -0.2) is 30.1 Å². The maximum Gasteiger partial charge on any atom is 0.357 e. The molecule has 1 heterocycles. The number of hydrogen-bond acceptors (Lipinski definition) is 6. The fraction of sp³-hybridized carbons (Fsp3) is 0.214. The number of carbonyl (C=O) groups excluding carboxylic acids is 2. The molecule has 2 aromatic rings. The molecule has 0 fully saturated rings. The van der Waals surface area contributed by atoms with Crippen LogP contribution < -0.4 is 10.1 Å². The predicted molar refractivity (Wildman–Crippen MR) is 83.6 cm³/mol. The lowest BCUT2D eigenvalue weighted by Gasteiger charge is -2.06. The summed E-state index contributed by atoms with van der Waals surface area (Å²) in [4.78, 5) is 27.1. The lowest BCUT2D eigenvalue weighted by molar-refractivity contribution is -0.118. The summed E-state index contributed by atoms with van der Waals surface area (Å²) in [6.07, 6.45) is 0. The minimum absolute atomic E-state index is 0.0955. The molecule has 0 radical (unpaired) electrons. The maximum absolute atomic E-state index is 13.0. The highest BCUT2D eigenvalue weighted by atomic mass is 35.5. The molecular formula is C14H12ClFN2O4S. The molecule has 0 bridgehead atoms. The van der Waals surface area contributed by atoms with E-state index in [-0.39, 0.29) is 34.8 Å². The number of hydrogen-bond donors (Lipinski definition) is 1. The molecule has 0 aliphatic rings. The summed E-state index contributed by atoms with van der Waals surface area (Å²) < 4.78 is 23.0. The monoisotopic (exact) mass is 358 g/mol. The smallest absolute Gasteiger partial charge is 0.357 e. The molecule has 1 N–H and O–H groups in total. The van der Waals surface area contributed by atoms with Crippen molar-refractivity contribution in [2.24, 2.45) is 0 Å². The standard InChI is InChI=1S/C14H12ClFN2O4S/c1-2-21-13(20)11-7-23-14(17-11)18-12(19)6-22-8-3-4-10(16)9(15)5-8/h3-5,7H,2,6H2,1H3,(H,17,18,19). The molecule has 1 aromatic heterocycles. The third kappa shape index (κ3) is 4.90. The van der Waals surface area contributed by atoms with Gasteiger partial charge in [0.1, 0.15) is 11.6 Å². The Morgan fingerprint density at radius 2 is 2.22 bits per heavy atom. The molecule has 122 valence electrons. The van der Waals surface area contributed by atoms with E-state index in [1.54, 1.807) is 6.92 Å². The molecule has 0 aliphatic heterocycles. The first-order valence-corrected chi connectivity index (χ1v) is 7.75. The zero-order valence-corrected chi connectivity index (χ0v) is 13.5. The fourth-order valence-electron chi connectivity index (χ4n) is 1.50. The van der Waals surface area contributed by atoms with E-state index in [1.807, 2.05) is 0 Å². The molecule has 0 saturated carbocycles. The highest BCUT2D eigenvalue weighted by Crippen LogP contribution is 2.21.